The van der Waals surface area contributed by atoms with Gasteiger partial charge in [-0.1, -0.05) is 35.3 Å². The summed E-state index contributed by atoms with van der Waals surface area (Å²) in [4.78, 5) is 9.44. The number of nitrogens with zero attached hydrogens (tertiary/aromatic N) is 2. The Labute approximate surface area is 186 Å². The van der Waals surface area contributed by atoms with Crippen molar-refractivity contribution in [2.45, 2.75) is 9.79 Å². The van der Waals surface area contributed by atoms with Crippen LogP contribution in [0.15, 0.2) is 94.7 Å². The molecule has 0 aliphatic carbocycles. The van der Waals surface area contributed by atoms with E-state index in [-0.39, 0.29) is 0 Å². The summed E-state index contributed by atoms with van der Waals surface area (Å²) in [6.07, 6.45) is 0. The molecule has 0 saturated carbocycles. The summed E-state index contributed by atoms with van der Waals surface area (Å²) >= 11 is 10.4. The Balaban J connectivity index is 1.43. The molecule has 0 aliphatic rings. The molecule has 0 spiro atoms. The van der Waals surface area contributed by atoms with Crippen LogP contribution in [0, 0.1) is 0 Å². The Morgan fingerprint density at radius 2 is 1.00 bits per heavy atom. The number of ether oxygens (including phenoxy) is 2. The molecule has 0 fully saturated rings. The van der Waals surface area contributed by atoms with Gasteiger partial charge in [-0.05, 0) is 60.7 Å². The third kappa shape index (κ3) is 5.23. The van der Waals surface area contributed by atoms with E-state index in [9.17, 15) is 4.55 Å². The second-order valence-corrected chi connectivity index (χ2v) is 8.27. The highest BCUT2D eigenvalue weighted by Crippen LogP contribution is 2.28. The third-order valence-corrected chi connectivity index (χ3v) is 5.72. The largest absolute Gasteiger partial charge is 0.606 e. The maximum absolute atomic E-state index is 12.8. The van der Waals surface area contributed by atoms with Crippen LogP contribution < -0.4 is 9.47 Å². The van der Waals surface area contributed by atoms with Crippen LogP contribution >= 0.6 is 23.2 Å². The molecule has 4 rings (SSSR count). The molecule has 0 unspecified atom stereocenters. The van der Waals surface area contributed by atoms with Gasteiger partial charge in [0, 0.05) is 23.3 Å². The van der Waals surface area contributed by atoms with E-state index in [1.165, 1.54) is 0 Å². The molecule has 2 aromatic carbocycles. The second-order valence-electron chi connectivity index (χ2n) is 6.01. The molecule has 0 aliphatic heterocycles. The molecule has 2 heterocycles. The van der Waals surface area contributed by atoms with E-state index in [2.05, 4.69) is 9.97 Å². The Kier molecular flexibility index (Phi) is 6.40. The summed E-state index contributed by atoms with van der Waals surface area (Å²) in [7, 11) is 0. The number of hydrogen-bond donors (Lipinski definition) is 0. The Morgan fingerprint density at radius 3 is 1.37 bits per heavy atom. The van der Waals surface area contributed by atoms with Crippen molar-refractivity contribution in [3.63, 3.8) is 0 Å². The Bertz CT molecular complexity index is 1050. The predicted octanol–water partition coefficient (Wildman–Crippen LogP) is 6.53. The van der Waals surface area contributed by atoms with Crippen molar-refractivity contribution in [2.24, 2.45) is 0 Å². The number of benzene rings is 2. The molecule has 0 atom stereocenters. The predicted molar refractivity (Wildman–Crippen MR) is 116 cm³/mol. The van der Waals surface area contributed by atoms with Crippen molar-refractivity contribution in [3.05, 3.63) is 95.2 Å². The van der Waals surface area contributed by atoms with Crippen LogP contribution in [-0.4, -0.2) is 14.5 Å². The van der Waals surface area contributed by atoms with Crippen LogP contribution in [-0.2, 0) is 11.2 Å². The van der Waals surface area contributed by atoms with Crippen molar-refractivity contribution in [2.75, 3.05) is 0 Å². The fraction of sp³-hybridized carbons (Fsp3) is 0. The average molecular weight is 457 g/mol. The molecule has 0 N–H and O–H groups in total. The van der Waals surface area contributed by atoms with E-state index < -0.39 is 11.2 Å². The molecule has 5 nitrogen and oxygen atoms in total. The van der Waals surface area contributed by atoms with Crippen LogP contribution in [0.2, 0.25) is 10.3 Å². The highest BCUT2D eigenvalue weighted by Gasteiger charge is 2.15. The smallest absolute Gasteiger partial charge is 0.220 e. The van der Waals surface area contributed by atoms with Crippen LogP contribution in [0.5, 0.6) is 23.3 Å². The van der Waals surface area contributed by atoms with Crippen molar-refractivity contribution >= 4 is 34.4 Å². The fourth-order valence-corrected chi connectivity index (χ4v) is 3.88. The topological polar surface area (TPSA) is 67.3 Å². The van der Waals surface area contributed by atoms with Gasteiger partial charge in [0.1, 0.15) is 21.8 Å². The highest BCUT2D eigenvalue weighted by atomic mass is 35.5. The van der Waals surface area contributed by atoms with Gasteiger partial charge in [-0.25, -0.2) is 9.97 Å². The van der Waals surface area contributed by atoms with E-state index in [4.69, 9.17) is 32.7 Å². The fourth-order valence-electron chi connectivity index (χ4n) is 2.53. The normalized spacial score (nSPS) is 10.8. The quantitative estimate of drug-likeness (QED) is 0.243. The zero-order valence-electron chi connectivity index (χ0n) is 15.4. The molecule has 0 radical (unpaired) electrons. The van der Waals surface area contributed by atoms with Crippen molar-refractivity contribution in [1.82, 2.24) is 9.97 Å². The average Bonchev–Trinajstić information content (AvgIpc) is 2.74. The highest BCUT2D eigenvalue weighted by molar-refractivity contribution is 7.91. The number of pyridine rings is 2. The molecule has 2 aromatic heterocycles. The van der Waals surface area contributed by atoms with Crippen LogP contribution in [0.4, 0.5) is 0 Å². The summed E-state index contributed by atoms with van der Waals surface area (Å²) < 4.78 is 24.2. The molecule has 0 saturated heterocycles. The van der Waals surface area contributed by atoms with Crippen molar-refractivity contribution < 1.29 is 14.0 Å². The second kappa shape index (κ2) is 9.36. The van der Waals surface area contributed by atoms with Gasteiger partial charge in [0.15, 0.2) is 9.79 Å². The number of halogens is 2. The summed E-state index contributed by atoms with van der Waals surface area (Å²) in [6, 6.07) is 24.2. The Morgan fingerprint density at radius 1 is 0.600 bits per heavy atom. The van der Waals surface area contributed by atoms with Crippen LogP contribution in [0.1, 0.15) is 0 Å². The minimum Gasteiger partial charge on any atom is -0.606 e. The zero-order valence-corrected chi connectivity index (χ0v) is 17.7. The lowest BCUT2D eigenvalue weighted by molar-refractivity contribution is 0.462. The van der Waals surface area contributed by atoms with Crippen LogP contribution in [0.25, 0.3) is 0 Å². The molecular weight excluding hydrogens is 443 g/mol. The minimum absolute atomic E-state index is 0.351. The molecule has 0 amide bonds. The lowest BCUT2D eigenvalue weighted by Crippen LogP contribution is -2.02. The van der Waals surface area contributed by atoms with Gasteiger partial charge in [-0.3, -0.25) is 0 Å². The molecule has 0 bridgehead atoms. The number of hydrogen-bond acceptors (Lipinski definition) is 5. The minimum atomic E-state index is -1.35. The first-order valence-corrected chi connectivity index (χ1v) is 10.7. The molecule has 8 heteroatoms. The summed E-state index contributed by atoms with van der Waals surface area (Å²) in [5, 5.41) is 0.701. The lowest BCUT2D eigenvalue weighted by atomic mass is 10.3. The first-order chi connectivity index (χ1) is 14.6. The van der Waals surface area contributed by atoms with Gasteiger partial charge in [-0.2, -0.15) is 0 Å². The molecule has 30 heavy (non-hydrogen) atoms. The lowest BCUT2D eigenvalue weighted by Gasteiger charge is -2.11. The maximum atomic E-state index is 12.8. The van der Waals surface area contributed by atoms with E-state index in [0.717, 1.165) is 0 Å². The summed E-state index contributed by atoms with van der Waals surface area (Å²) in [5.74, 6) is 1.92. The van der Waals surface area contributed by atoms with Crippen molar-refractivity contribution in [1.29, 1.82) is 0 Å². The zero-order chi connectivity index (χ0) is 20.9. The summed E-state index contributed by atoms with van der Waals surface area (Å²) in [6.45, 7) is 0. The van der Waals surface area contributed by atoms with Gasteiger partial charge in [0.25, 0.3) is 0 Å². The SMILES string of the molecule is [O-][S+](c1ccc(Oc2cccc(Cl)n2)cc1)c1ccc(Oc2cccc(Cl)n2)cc1. The molecular formula is C22H14Cl2N2O3S. The monoisotopic (exact) mass is 456 g/mol. The Hall–Kier alpha value is -2.77. The van der Waals surface area contributed by atoms with Crippen molar-refractivity contribution in [3.8, 4) is 23.3 Å². The van der Waals surface area contributed by atoms with Gasteiger partial charge >= 0.3 is 0 Å². The van der Waals surface area contributed by atoms with E-state index in [1.54, 1.807) is 84.9 Å². The number of rotatable bonds is 6. The molecule has 4 aromatic rings. The number of aromatic nitrogens is 2. The van der Waals surface area contributed by atoms with Gasteiger partial charge < -0.3 is 14.0 Å². The van der Waals surface area contributed by atoms with Gasteiger partial charge in [0.2, 0.25) is 11.8 Å². The summed E-state index contributed by atoms with van der Waals surface area (Å²) in [5.41, 5.74) is 0. The van der Waals surface area contributed by atoms with Gasteiger partial charge in [0.05, 0.1) is 0 Å². The first-order valence-electron chi connectivity index (χ1n) is 8.79. The first kappa shape index (κ1) is 20.5. The van der Waals surface area contributed by atoms with Gasteiger partial charge in [-0.15, -0.1) is 0 Å². The third-order valence-electron chi connectivity index (χ3n) is 3.90. The van der Waals surface area contributed by atoms with E-state index in [1.807, 2.05) is 0 Å². The maximum Gasteiger partial charge on any atom is 0.220 e. The van der Waals surface area contributed by atoms with E-state index in [0.29, 0.717) is 43.4 Å². The van der Waals surface area contributed by atoms with Crippen LogP contribution in [0.3, 0.4) is 0 Å². The van der Waals surface area contributed by atoms with E-state index >= 15 is 0 Å². The standard InChI is InChI=1S/C22H14Cl2N2O3S/c23-19-3-1-5-21(25-19)28-15-7-11-17(12-8-15)30(27)18-13-9-16(10-14-18)29-22-6-2-4-20(24)26-22/h1-14H. The molecule has 150 valence electrons.